The number of anilines is 2. The summed E-state index contributed by atoms with van der Waals surface area (Å²) in [6.07, 6.45) is -1.48. The molecule has 0 aliphatic carbocycles. The van der Waals surface area contributed by atoms with E-state index in [0.717, 1.165) is 23.4 Å². The standard InChI is InChI=1S/C26H31F3N8O/c1-15-7-8-18(9-24(15)37(31)14-23(30)22-13-32-36(6)16(22)2)25(38)34-21-11-19(26(27,28)29)10-20(12-21)33-17(3)35(4)5/h7-14H,30-31H2,1-6H3,(H,34,38)/b23-14-,33-17+. The monoisotopic (exact) mass is 528 g/mol. The first-order valence-electron chi connectivity index (χ1n) is 11.5. The Balaban J connectivity index is 1.92. The van der Waals surface area contributed by atoms with Crippen LogP contribution in [-0.2, 0) is 13.2 Å². The molecule has 0 unspecified atom stereocenters. The SMILES string of the molecule is C/C(=N\c1cc(NC(=O)c2ccc(C)c(N(N)/C=C(\N)c3cnn(C)c3C)c2)cc(C(F)(F)F)c1)N(C)C. The van der Waals surface area contributed by atoms with Gasteiger partial charge in [0.05, 0.1) is 28.8 Å². The first-order valence-corrected chi connectivity index (χ1v) is 11.5. The Morgan fingerprint density at radius 1 is 1.16 bits per heavy atom. The minimum Gasteiger partial charge on any atom is -0.397 e. The van der Waals surface area contributed by atoms with Crippen LogP contribution in [0.5, 0.6) is 0 Å². The number of hydrogen-bond acceptors (Lipinski definition) is 6. The summed E-state index contributed by atoms with van der Waals surface area (Å²) in [5.74, 6) is 6.13. The second-order valence-corrected chi connectivity index (χ2v) is 9.03. The zero-order valence-corrected chi connectivity index (χ0v) is 22.1. The summed E-state index contributed by atoms with van der Waals surface area (Å²) in [6.45, 7) is 5.34. The summed E-state index contributed by atoms with van der Waals surface area (Å²) >= 11 is 0. The molecule has 1 heterocycles. The van der Waals surface area contributed by atoms with E-state index in [9.17, 15) is 18.0 Å². The third-order valence-electron chi connectivity index (χ3n) is 6.01. The van der Waals surface area contributed by atoms with Gasteiger partial charge in [-0.1, -0.05) is 6.07 Å². The molecule has 3 rings (SSSR count). The molecule has 0 aliphatic rings. The van der Waals surface area contributed by atoms with Gasteiger partial charge in [-0.15, -0.1) is 0 Å². The van der Waals surface area contributed by atoms with Gasteiger partial charge in [0.2, 0.25) is 0 Å². The third kappa shape index (κ3) is 6.51. The number of aliphatic imine (C=N–C) groups is 1. The Morgan fingerprint density at radius 2 is 1.84 bits per heavy atom. The third-order valence-corrected chi connectivity index (χ3v) is 6.01. The molecule has 2 aromatic carbocycles. The fourth-order valence-electron chi connectivity index (χ4n) is 3.50. The molecular weight excluding hydrogens is 497 g/mol. The van der Waals surface area contributed by atoms with E-state index in [-0.39, 0.29) is 16.9 Å². The van der Waals surface area contributed by atoms with E-state index in [0.29, 0.717) is 22.8 Å². The largest absolute Gasteiger partial charge is 0.416 e. The van der Waals surface area contributed by atoms with Crippen LogP contribution in [0.25, 0.3) is 5.70 Å². The Morgan fingerprint density at radius 3 is 2.42 bits per heavy atom. The van der Waals surface area contributed by atoms with Crippen molar-refractivity contribution in [2.75, 3.05) is 24.4 Å². The zero-order chi connectivity index (χ0) is 28.4. The van der Waals surface area contributed by atoms with Crippen LogP contribution < -0.4 is 21.9 Å². The van der Waals surface area contributed by atoms with Crippen LogP contribution in [0.15, 0.2) is 53.8 Å². The molecule has 202 valence electrons. The van der Waals surface area contributed by atoms with E-state index in [4.69, 9.17) is 11.6 Å². The molecule has 12 heteroatoms. The summed E-state index contributed by atoms with van der Waals surface area (Å²) in [5.41, 5.74) is 8.67. The van der Waals surface area contributed by atoms with Crippen molar-refractivity contribution >= 4 is 34.5 Å². The predicted octanol–water partition coefficient (Wildman–Crippen LogP) is 4.56. The van der Waals surface area contributed by atoms with Gasteiger partial charge in [-0.3, -0.25) is 14.5 Å². The maximum absolute atomic E-state index is 13.5. The maximum Gasteiger partial charge on any atom is 0.416 e. The number of nitrogens with two attached hydrogens (primary N) is 2. The smallest absolute Gasteiger partial charge is 0.397 e. The first kappa shape index (κ1) is 28.3. The number of hydrogen-bond donors (Lipinski definition) is 3. The van der Waals surface area contributed by atoms with Crippen LogP contribution in [-0.4, -0.2) is 40.5 Å². The van der Waals surface area contributed by atoms with Crippen LogP contribution in [0.1, 0.15) is 39.7 Å². The van der Waals surface area contributed by atoms with Gasteiger partial charge in [0.15, 0.2) is 0 Å². The van der Waals surface area contributed by atoms with E-state index in [2.05, 4.69) is 15.4 Å². The van der Waals surface area contributed by atoms with E-state index >= 15 is 0 Å². The van der Waals surface area contributed by atoms with Crippen LogP contribution >= 0.6 is 0 Å². The van der Waals surface area contributed by atoms with Gasteiger partial charge in [-0.2, -0.15) is 18.3 Å². The summed E-state index contributed by atoms with van der Waals surface area (Å²) in [7, 11) is 5.25. The quantitative estimate of drug-likeness (QED) is 0.187. The summed E-state index contributed by atoms with van der Waals surface area (Å²) in [4.78, 5) is 18.9. The number of nitrogens with one attached hydrogen (secondary N) is 1. The topological polar surface area (TPSA) is 118 Å². The number of hydrazine groups is 1. The molecule has 0 spiro atoms. The number of halogens is 3. The lowest BCUT2D eigenvalue weighted by Gasteiger charge is -2.19. The highest BCUT2D eigenvalue weighted by molar-refractivity contribution is 6.05. The van der Waals surface area contributed by atoms with Crippen molar-refractivity contribution in [3.63, 3.8) is 0 Å². The summed E-state index contributed by atoms with van der Waals surface area (Å²) < 4.78 is 42.3. The minimum absolute atomic E-state index is 0.0435. The molecule has 3 aromatic rings. The van der Waals surface area contributed by atoms with Crippen molar-refractivity contribution in [2.45, 2.75) is 26.9 Å². The van der Waals surface area contributed by atoms with Gasteiger partial charge in [-0.05, 0) is 56.7 Å². The van der Waals surface area contributed by atoms with Crippen LogP contribution in [0.2, 0.25) is 0 Å². The summed E-state index contributed by atoms with van der Waals surface area (Å²) in [6, 6.07) is 7.96. The second-order valence-electron chi connectivity index (χ2n) is 9.03. The van der Waals surface area contributed by atoms with Crippen molar-refractivity contribution < 1.29 is 18.0 Å². The molecule has 0 saturated carbocycles. The molecule has 38 heavy (non-hydrogen) atoms. The fraction of sp³-hybridized carbons (Fsp3) is 0.269. The van der Waals surface area contributed by atoms with Gasteiger partial charge >= 0.3 is 6.18 Å². The highest BCUT2D eigenvalue weighted by atomic mass is 19.4. The number of alkyl halides is 3. The molecule has 0 radical (unpaired) electrons. The van der Waals surface area contributed by atoms with Crippen molar-refractivity contribution in [1.82, 2.24) is 14.7 Å². The second kappa shape index (κ2) is 11.0. The molecule has 0 saturated heterocycles. The minimum atomic E-state index is -4.62. The number of rotatable bonds is 6. The molecule has 0 fully saturated rings. The van der Waals surface area contributed by atoms with E-state index in [1.54, 1.807) is 62.9 Å². The average molecular weight is 529 g/mol. The lowest BCUT2D eigenvalue weighted by Crippen LogP contribution is -2.27. The molecule has 9 nitrogen and oxygen atoms in total. The average Bonchev–Trinajstić information content (AvgIpc) is 3.16. The molecule has 1 amide bonds. The first-order chi connectivity index (χ1) is 17.7. The van der Waals surface area contributed by atoms with Gasteiger partial charge < -0.3 is 16.0 Å². The van der Waals surface area contributed by atoms with E-state index in [1.165, 1.54) is 23.3 Å². The van der Waals surface area contributed by atoms with Crippen molar-refractivity contribution in [3.8, 4) is 0 Å². The fourth-order valence-corrected chi connectivity index (χ4v) is 3.50. The molecule has 0 bridgehead atoms. The van der Waals surface area contributed by atoms with Crippen LogP contribution in [0, 0.1) is 13.8 Å². The highest BCUT2D eigenvalue weighted by Gasteiger charge is 2.31. The number of carbonyl (C=O) groups is 1. The molecule has 1 aromatic heterocycles. The predicted molar refractivity (Wildman–Crippen MR) is 144 cm³/mol. The Kier molecular flexibility index (Phi) is 8.16. The summed E-state index contributed by atoms with van der Waals surface area (Å²) in [5, 5.41) is 8.00. The van der Waals surface area contributed by atoms with Gasteiger partial charge in [0.1, 0.15) is 5.84 Å². The maximum atomic E-state index is 13.5. The number of aryl methyl sites for hydroxylation is 2. The van der Waals surface area contributed by atoms with E-state index < -0.39 is 17.6 Å². The number of nitrogens with zero attached hydrogens (tertiary/aromatic N) is 5. The van der Waals surface area contributed by atoms with Gasteiger partial charge in [-0.25, -0.2) is 10.8 Å². The Bertz CT molecular complexity index is 1410. The molecular formula is C26H31F3N8O. The molecule has 0 aliphatic heterocycles. The molecule has 0 atom stereocenters. The Labute approximate surface area is 219 Å². The normalized spacial score (nSPS) is 12.5. The van der Waals surface area contributed by atoms with Crippen molar-refractivity contribution in [1.29, 1.82) is 0 Å². The number of amidine groups is 1. The lowest BCUT2D eigenvalue weighted by molar-refractivity contribution is -0.137. The highest BCUT2D eigenvalue weighted by Crippen LogP contribution is 2.34. The van der Waals surface area contributed by atoms with Gasteiger partial charge in [0, 0.05) is 49.9 Å². The zero-order valence-electron chi connectivity index (χ0n) is 22.1. The van der Waals surface area contributed by atoms with Crippen molar-refractivity contribution in [3.05, 3.63) is 76.7 Å². The van der Waals surface area contributed by atoms with Crippen LogP contribution in [0.3, 0.4) is 0 Å². The number of benzene rings is 2. The van der Waals surface area contributed by atoms with Crippen molar-refractivity contribution in [2.24, 2.45) is 23.6 Å². The Hall–Kier alpha value is -4.32. The number of aromatic nitrogens is 2. The number of carbonyl (C=O) groups excluding carboxylic acids is 1. The van der Waals surface area contributed by atoms with E-state index in [1.807, 2.05) is 6.92 Å². The van der Waals surface area contributed by atoms with Crippen LogP contribution in [0.4, 0.5) is 30.2 Å². The lowest BCUT2D eigenvalue weighted by atomic mass is 10.1. The molecule has 5 N–H and O–H groups in total. The number of amides is 1. The van der Waals surface area contributed by atoms with Gasteiger partial charge in [0.25, 0.3) is 5.91 Å².